The van der Waals surface area contributed by atoms with Gasteiger partial charge < -0.3 is 23.7 Å². The number of carboxylic acids is 1. The molecule has 1 aromatic carbocycles. The summed E-state index contributed by atoms with van der Waals surface area (Å²) in [4.78, 5) is 37.8. The van der Waals surface area contributed by atoms with Gasteiger partial charge in [0.15, 0.2) is 17.4 Å². The highest BCUT2D eigenvalue weighted by Crippen LogP contribution is 2.47. The van der Waals surface area contributed by atoms with E-state index in [2.05, 4.69) is 4.98 Å². The number of amides is 1. The van der Waals surface area contributed by atoms with E-state index in [1.54, 1.807) is 12.3 Å². The lowest BCUT2D eigenvalue weighted by Crippen LogP contribution is -2.44. The Balaban J connectivity index is 1.63. The Morgan fingerprint density at radius 1 is 1.24 bits per heavy atom. The third-order valence-electron chi connectivity index (χ3n) is 6.77. The zero-order chi connectivity index (χ0) is 26.4. The first-order valence-electron chi connectivity index (χ1n) is 12.7. The van der Waals surface area contributed by atoms with Gasteiger partial charge in [-0.05, 0) is 37.0 Å². The second-order valence-electron chi connectivity index (χ2n) is 9.22. The van der Waals surface area contributed by atoms with E-state index in [1.807, 2.05) is 24.8 Å². The van der Waals surface area contributed by atoms with Crippen LogP contribution in [-0.2, 0) is 20.8 Å². The number of carbonyl (C=O) groups is 2. The van der Waals surface area contributed by atoms with Gasteiger partial charge in [0.1, 0.15) is 6.26 Å². The smallest absolute Gasteiger partial charge is 0.308 e. The molecule has 202 valence electrons. The molecule has 1 fully saturated rings. The Morgan fingerprint density at radius 3 is 2.76 bits per heavy atom. The number of ether oxygens (including phenoxy) is 3. The minimum Gasteiger partial charge on any atom is -0.493 e. The highest BCUT2D eigenvalue weighted by atomic mass is 16.7. The van der Waals surface area contributed by atoms with Crippen LogP contribution in [0.2, 0.25) is 0 Å². The van der Waals surface area contributed by atoms with Gasteiger partial charge in [0, 0.05) is 31.5 Å². The molecule has 37 heavy (non-hydrogen) atoms. The number of carboxylic acid groups (broad SMARTS) is 1. The summed E-state index contributed by atoms with van der Waals surface area (Å²) in [5, 5.41) is 11.8. The van der Waals surface area contributed by atoms with Crippen molar-refractivity contribution in [2.75, 3.05) is 40.1 Å². The number of oxazole rings is 1. The Morgan fingerprint density at radius 2 is 2.08 bits per heavy atom. The molecule has 0 saturated carbocycles. The minimum atomic E-state index is -0.929. The fourth-order valence-electron chi connectivity index (χ4n) is 5.12. The van der Waals surface area contributed by atoms with Gasteiger partial charge in [-0.3, -0.25) is 19.3 Å². The molecule has 1 saturated heterocycles. The number of likely N-dealkylation sites (tertiary alicyclic amines) is 1. The van der Waals surface area contributed by atoms with Gasteiger partial charge in [0.25, 0.3) is 5.91 Å². The molecule has 3 atom stereocenters. The second-order valence-corrected chi connectivity index (χ2v) is 9.22. The van der Waals surface area contributed by atoms with Gasteiger partial charge in [-0.2, -0.15) is 0 Å². The van der Waals surface area contributed by atoms with E-state index in [-0.39, 0.29) is 19.2 Å². The van der Waals surface area contributed by atoms with Gasteiger partial charge >= 0.3 is 5.97 Å². The summed E-state index contributed by atoms with van der Waals surface area (Å²) in [6, 6.07) is 3.19. The highest BCUT2D eigenvalue weighted by molar-refractivity contribution is 5.78. The average molecular weight is 518 g/mol. The van der Waals surface area contributed by atoms with E-state index in [1.165, 1.54) is 18.4 Å². The number of fused-ring (bicyclic) bond motifs is 1. The largest absolute Gasteiger partial charge is 0.493 e. The lowest BCUT2D eigenvalue weighted by molar-refractivity contribution is -0.188. The summed E-state index contributed by atoms with van der Waals surface area (Å²) in [5.74, 6) is -0.252. The number of hydrogen-bond acceptors (Lipinski definition) is 9. The molecule has 0 aliphatic carbocycles. The van der Waals surface area contributed by atoms with E-state index in [0.29, 0.717) is 55.7 Å². The van der Waals surface area contributed by atoms with Crippen molar-refractivity contribution in [3.8, 4) is 17.2 Å². The van der Waals surface area contributed by atoms with Crippen LogP contribution in [0.1, 0.15) is 50.5 Å². The van der Waals surface area contributed by atoms with E-state index in [0.717, 1.165) is 18.4 Å². The summed E-state index contributed by atoms with van der Waals surface area (Å²) in [7, 11) is 1.53. The van der Waals surface area contributed by atoms with E-state index >= 15 is 0 Å². The predicted octanol–water partition coefficient (Wildman–Crippen LogP) is 3.09. The third-order valence-corrected chi connectivity index (χ3v) is 6.77. The summed E-state index contributed by atoms with van der Waals surface area (Å²) in [6.07, 6.45) is 5.51. The van der Waals surface area contributed by atoms with Crippen molar-refractivity contribution >= 4 is 11.9 Å². The number of hydroxylamine groups is 2. The number of hydrogen-bond donors (Lipinski definition) is 1. The average Bonchev–Trinajstić information content (AvgIpc) is 3.64. The number of benzene rings is 1. The maximum atomic E-state index is 13.3. The first kappa shape index (κ1) is 26.7. The van der Waals surface area contributed by atoms with Crippen LogP contribution in [0.15, 0.2) is 29.0 Å². The lowest BCUT2D eigenvalue weighted by Gasteiger charge is -2.28. The van der Waals surface area contributed by atoms with Crippen LogP contribution in [0.3, 0.4) is 0 Å². The Kier molecular flexibility index (Phi) is 8.88. The fourth-order valence-corrected chi connectivity index (χ4v) is 5.12. The minimum absolute atomic E-state index is 0.0436. The van der Waals surface area contributed by atoms with Gasteiger partial charge in [0.05, 0.1) is 32.4 Å². The van der Waals surface area contributed by atoms with Crippen molar-refractivity contribution in [2.24, 2.45) is 5.92 Å². The van der Waals surface area contributed by atoms with Crippen molar-refractivity contribution in [2.45, 2.75) is 51.5 Å². The molecule has 1 amide bonds. The first-order valence-corrected chi connectivity index (χ1v) is 12.7. The molecular formula is C26H35N3O8. The number of carbonyl (C=O) groups excluding carboxylic acids is 1. The molecule has 0 unspecified atom stereocenters. The molecule has 11 heteroatoms. The lowest BCUT2D eigenvalue weighted by atomic mass is 9.83. The molecule has 1 N–H and O–H groups in total. The van der Waals surface area contributed by atoms with Gasteiger partial charge in [0.2, 0.25) is 12.5 Å². The van der Waals surface area contributed by atoms with Crippen molar-refractivity contribution in [1.82, 2.24) is 14.9 Å². The van der Waals surface area contributed by atoms with Crippen molar-refractivity contribution in [1.29, 1.82) is 0 Å². The maximum Gasteiger partial charge on any atom is 0.308 e. The molecule has 3 heterocycles. The quantitative estimate of drug-likeness (QED) is 0.396. The van der Waals surface area contributed by atoms with Crippen LogP contribution in [-0.4, -0.2) is 78.1 Å². The van der Waals surface area contributed by atoms with Gasteiger partial charge in [-0.25, -0.2) is 10.0 Å². The van der Waals surface area contributed by atoms with E-state index in [9.17, 15) is 14.7 Å². The van der Waals surface area contributed by atoms with Crippen LogP contribution >= 0.6 is 0 Å². The monoisotopic (exact) mass is 517 g/mol. The summed E-state index contributed by atoms with van der Waals surface area (Å²) < 4.78 is 22.0. The molecule has 1 aromatic heterocycles. The second kappa shape index (κ2) is 12.3. The normalized spacial score (nSPS) is 20.8. The van der Waals surface area contributed by atoms with Gasteiger partial charge in [-0.1, -0.05) is 13.8 Å². The van der Waals surface area contributed by atoms with Crippen molar-refractivity contribution in [3.63, 3.8) is 0 Å². The van der Waals surface area contributed by atoms with E-state index in [4.69, 9.17) is 23.5 Å². The van der Waals surface area contributed by atoms with Crippen LogP contribution in [0.4, 0.5) is 0 Å². The molecule has 0 radical (unpaired) electrons. The fraction of sp³-hybridized carbons (Fsp3) is 0.577. The molecule has 4 rings (SSSR count). The molecule has 11 nitrogen and oxygen atoms in total. The number of aryl methyl sites for hydroxylation is 1. The topological polar surface area (TPSA) is 124 Å². The molecule has 2 aliphatic rings. The van der Waals surface area contributed by atoms with Crippen molar-refractivity contribution in [3.05, 3.63) is 36.0 Å². The number of methoxy groups -OCH3 is 1. The zero-order valence-corrected chi connectivity index (χ0v) is 21.6. The number of aliphatic carboxylic acids is 1. The molecule has 2 aliphatic heterocycles. The van der Waals surface area contributed by atoms with Crippen LogP contribution in [0.5, 0.6) is 17.2 Å². The van der Waals surface area contributed by atoms with Crippen LogP contribution < -0.4 is 14.2 Å². The SMILES string of the molecule is CCCON(CCC)C(=O)CN1C[C@H](c2cc(OC)c3c(c2)OCO3)[C@@H](C(=O)O)[C@@H]1CCc1ncco1. The Hall–Kier alpha value is -3.31. The van der Waals surface area contributed by atoms with Crippen LogP contribution in [0, 0.1) is 5.92 Å². The molecule has 2 aromatic rings. The highest BCUT2D eigenvalue weighted by Gasteiger charge is 2.47. The van der Waals surface area contributed by atoms with Gasteiger partial charge in [-0.15, -0.1) is 0 Å². The summed E-state index contributed by atoms with van der Waals surface area (Å²) in [6.45, 7) is 5.36. The molecule has 0 bridgehead atoms. The van der Waals surface area contributed by atoms with Crippen molar-refractivity contribution < 1.29 is 38.2 Å². The first-order chi connectivity index (χ1) is 18.0. The molecule has 0 spiro atoms. The predicted molar refractivity (Wildman–Crippen MR) is 131 cm³/mol. The Labute approximate surface area is 216 Å². The van der Waals surface area contributed by atoms with E-state index < -0.39 is 23.8 Å². The third kappa shape index (κ3) is 5.99. The number of aromatic nitrogens is 1. The summed E-state index contributed by atoms with van der Waals surface area (Å²) in [5.41, 5.74) is 0.761. The standard InChI is InChI=1S/C26H35N3O8/c1-4-9-29(37-10-5-2)23(30)15-28-14-18(17-12-20(33-3)25-21(13-17)35-16-36-25)24(26(31)32)19(28)6-7-22-27-8-11-34-22/h8,11-13,18-19,24H,4-7,9-10,14-16H2,1-3H3,(H,31,32)/t18-,19+,24-/m1/s1. The number of nitrogens with zero attached hydrogens (tertiary/aromatic N) is 3. The Bertz CT molecular complexity index is 1060. The van der Waals surface area contributed by atoms with Crippen LogP contribution in [0.25, 0.3) is 0 Å². The summed E-state index contributed by atoms with van der Waals surface area (Å²) >= 11 is 0. The molecular weight excluding hydrogens is 482 g/mol. The zero-order valence-electron chi connectivity index (χ0n) is 21.6. The number of rotatable bonds is 13. The maximum absolute atomic E-state index is 13.3.